The number of nitrogens with one attached hydrogen (secondary N) is 1. The number of amides is 1. The van der Waals surface area contributed by atoms with E-state index in [-0.39, 0.29) is 24.5 Å². The second kappa shape index (κ2) is 7.09. The van der Waals surface area contributed by atoms with Gasteiger partial charge in [0.25, 0.3) is 0 Å². The van der Waals surface area contributed by atoms with Gasteiger partial charge in [-0.05, 0) is 44.9 Å². The van der Waals surface area contributed by atoms with Crippen molar-refractivity contribution in [1.29, 1.82) is 0 Å². The highest BCUT2D eigenvalue weighted by molar-refractivity contribution is 5.76. The first-order valence-electron chi connectivity index (χ1n) is 7.43. The van der Waals surface area contributed by atoms with E-state index in [1.54, 1.807) is 0 Å². The molecular weight excluding hydrogens is 238 g/mol. The molecule has 1 aliphatic rings. The number of carbonyl (C=O) groups is 1. The van der Waals surface area contributed by atoms with Crippen LogP contribution >= 0.6 is 0 Å². The summed E-state index contributed by atoms with van der Waals surface area (Å²) < 4.78 is 0. The molecule has 3 unspecified atom stereocenters. The van der Waals surface area contributed by atoms with Crippen LogP contribution in [0.15, 0.2) is 11.6 Å². The van der Waals surface area contributed by atoms with Crippen molar-refractivity contribution < 1.29 is 9.90 Å². The summed E-state index contributed by atoms with van der Waals surface area (Å²) in [7, 11) is 0. The zero-order valence-electron chi connectivity index (χ0n) is 12.9. The molecule has 0 saturated heterocycles. The van der Waals surface area contributed by atoms with E-state index < -0.39 is 0 Å². The van der Waals surface area contributed by atoms with Crippen molar-refractivity contribution in [3.63, 3.8) is 0 Å². The molecule has 0 saturated carbocycles. The first-order valence-corrected chi connectivity index (χ1v) is 7.43. The minimum Gasteiger partial charge on any atom is -0.396 e. The lowest BCUT2D eigenvalue weighted by Crippen LogP contribution is -2.35. The van der Waals surface area contributed by atoms with Gasteiger partial charge in [-0.25, -0.2) is 0 Å². The number of allylic oxidation sites excluding steroid dienone is 1. The average molecular weight is 267 g/mol. The van der Waals surface area contributed by atoms with Crippen molar-refractivity contribution in [3.05, 3.63) is 11.6 Å². The van der Waals surface area contributed by atoms with Gasteiger partial charge in [0.15, 0.2) is 0 Å². The van der Waals surface area contributed by atoms with E-state index in [0.717, 1.165) is 6.42 Å². The molecule has 110 valence electrons. The molecular formula is C16H29NO2. The molecule has 2 N–H and O–H groups in total. The van der Waals surface area contributed by atoms with Crippen LogP contribution in [0.4, 0.5) is 0 Å². The zero-order chi connectivity index (χ0) is 14.6. The Morgan fingerprint density at radius 1 is 1.42 bits per heavy atom. The predicted octanol–water partition coefficient (Wildman–Crippen LogP) is 2.75. The van der Waals surface area contributed by atoms with Crippen LogP contribution in [0.5, 0.6) is 0 Å². The van der Waals surface area contributed by atoms with Gasteiger partial charge in [-0.15, -0.1) is 0 Å². The Kier molecular flexibility index (Phi) is 6.05. The Labute approximate surface area is 117 Å². The van der Waals surface area contributed by atoms with Crippen molar-refractivity contribution in [3.8, 4) is 0 Å². The largest absolute Gasteiger partial charge is 0.396 e. The molecule has 0 aliphatic heterocycles. The summed E-state index contributed by atoms with van der Waals surface area (Å²) in [5, 5.41) is 12.5. The van der Waals surface area contributed by atoms with Crippen LogP contribution in [-0.2, 0) is 4.79 Å². The lowest BCUT2D eigenvalue weighted by Gasteiger charge is -2.36. The number of carbonyl (C=O) groups excluding carboxylic acids is 1. The van der Waals surface area contributed by atoms with Gasteiger partial charge in [-0.3, -0.25) is 4.79 Å². The lowest BCUT2D eigenvalue weighted by molar-refractivity contribution is -0.122. The van der Waals surface area contributed by atoms with Crippen molar-refractivity contribution in [1.82, 2.24) is 5.32 Å². The van der Waals surface area contributed by atoms with Crippen molar-refractivity contribution >= 4 is 5.91 Å². The Morgan fingerprint density at radius 3 is 2.53 bits per heavy atom. The highest BCUT2D eigenvalue weighted by Gasteiger charge is 2.32. The molecule has 1 rings (SSSR count). The summed E-state index contributed by atoms with van der Waals surface area (Å²) in [6, 6.07) is 0.200. The number of hydrogen-bond donors (Lipinski definition) is 2. The van der Waals surface area contributed by atoms with E-state index in [0.29, 0.717) is 24.2 Å². The third-order valence-corrected chi connectivity index (χ3v) is 4.18. The molecule has 19 heavy (non-hydrogen) atoms. The minimum atomic E-state index is 0.137. The molecule has 0 heterocycles. The van der Waals surface area contributed by atoms with Crippen LogP contribution in [0, 0.1) is 23.7 Å². The van der Waals surface area contributed by atoms with Gasteiger partial charge in [0.1, 0.15) is 0 Å². The molecule has 0 bridgehead atoms. The predicted molar refractivity (Wildman–Crippen MR) is 78.7 cm³/mol. The third kappa shape index (κ3) is 4.64. The summed E-state index contributed by atoms with van der Waals surface area (Å²) in [4.78, 5) is 11.9. The van der Waals surface area contributed by atoms with E-state index in [9.17, 15) is 9.90 Å². The van der Waals surface area contributed by atoms with Crippen LogP contribution in [0.1, 0.15) is 47.5 Å². The molecule has 0 fully saturated rings. The smallest absolute Gasteiger partial charge is 0.220 e. The number of rotatable bonds is 5. The van der Waals surface area contributed by atoms with Gasteiger partial charge >= 0.3 is 0 Å². The molecule has 3 atom stereocenters. The van der Waals surface area contributed by atoms with Crippen molar-refractivity contribution in [2.45, 2.75) is 53.5 Å². The fraction of sp³-hybridized carbons (Fsp3) is 0.812. The van der Waals surface area contributed by atoms with E-state index in [2.05, 4.69) is 32.2 Å². The quantitative estimate of drug-likeness (QED) is 0.753. The van der Waals surface area contributed by atoms with Gasteiger partial charge in [0.05, 0.1) is 0 Å². The molecule has 3 heteroatoms. The molecule has 0 spiro atoms. The van der Waals surface area contributed by atoms with Gasteiger partial charge in [0, 0.05) is 25.0 Å². The Balaban J connectivity index is 2.72. The second-order valence-corrected chi connectivity index (χ2v) is 6.52. The molecule has 1 amide bonds. The Bertz CT molecular complexity index is 334. The topological polar surface area (TPSA) is 49.3 Å². The maximum atomic E-state index is 11.9. The third-order valence-electron chi connectivity index (χ3n) is 4.18. The standard InChI is InChI=1S/C16H29NO2/c1-10(2)15-7-13(8-16(19)17-11(3)4)12(5)6-14(15)9-18/h6,10-11,13-15,18H,7-9H2,1-5H3,(H,17,19). The monoisotopic (exact) mass is 267 g/mol. The van der Waals surface area contributed by atoms with Crippen LogP contribution in [-0.4, -0.2) is 23.7 Å². The normalized spacial score (nSPS) is 27.6. The van der Waals surface area contributed by atoms with E-state index in [1.165, 1.54) is 5.57 Å². The highest BCUT2D eigenvalue weighted by Crippen LogP contribution is 2.38. The second-order valence-electron chi connectivity index (χ2n) is 6.52. The Morgan fingerprint density at radius 2 is 2.05 bits per heavy atom. The van der Waals surface area contributed by atoms with Crippen LogP contribution in [0.3, 0.4) is 0 Å². The van der Waals surface area contributed by atoms with Gasteiger partial charge in [0.2, 0.25) is 5.91 Å². The number of aliphatic hydroxyl groups is 1. The maximum Gasteiger partial charge on any atom is 0.220 e. The van der Waals surface area contributed by atoms with Crippen molar-refractivity contribution in [2.24, 2.45) is 23.7 Å². The molecule has 0 aromatic carbocycles. The van der Waals surface area contributed by atoms with Gasteiger partial charge < -0.3 is 10.4 Å². The SMILES string of the molecule is CC1=CC(CO)C(C(C)C)CC1CC(=O)NC(C)C. The minimum absolute atomic E-state index is 0.137. The first-order chi connectivity index (χ1) is 8.85. The summed E-state index contributed by atoms with van der Waals surface area (Å²) in [5.74, 6) is 1.73. The fourth-order valence-electron chi connectivity index (χ4n) is 3.09. The van der Waals surface area contributed by atoms with Crippen molar-refractivity contribution in [2.75, 3.05) is 6.61 Å². The average Bonchev–Trinajstić information content (AvgIpc) is 2.29. The van der Waals surface area contributed by atoms with E-state index in [4.69, 9.17) is 0 Å². The first kappa shape index (κ1) is 16.2. The molecule has 0 aromatic heterocycles. The molecule has 0 aromatic rings. The summed E-state index contributed by atoms with van der Waals surface area (Å²) in [5.41, 5.74) is 1.26. The zero-order valence-corrected chi connectivity index (χ0v) is 12.9. The van der Waals surface area contributed by atoms with Gasteiger partial charge in [-0.1, -0.05) is 25.5 Å². The maximum absolute atomic E-state index is 11.9. The van der Waals surface area contributed by atoms with Crippen LogP contribution in [0.25, 0.3) is 0 Å². The van der Waals surface area contributed by atoms with E-state index >= 15 is 0 Å². The summed E-state index contributed by atoms with van der Waals surface area (Å²) in [6.07, 6.45) is 3.76. The van der Waals surface area contributed by atoms with E-state index in [1.807, 2.05) is 13.8 Å². The lowest BCUT2D eigenvalue weighted by atomic mass is 9.70. The number of aliphatic hydroxyl groups excluding tert-OH is 1. The van der Waals surface area contributed by atoms with Crippen LogP contribution < -0.4 is 5.32 Å². The fourth-order valence-corrected chi connectivity index (χ4v) is 3.09. The molecule has 3 nitrogen and oxygen atoms in total. The Hall–Kier alpha value is -0.830. The summed E-state index contributed by atoms with van der Waals surface area (Å²) in [6.45, 7) is 10.7. The number of hydrogen-bond acceptors (Lipinski definition) is 2. The molecule has 0 radical (unpaired) electrons. The summed E-state index contributed by atoms with van der Waals surface area (Å²) >= 11 is 0. The molecule has 1 aliphatic carbocycles. The van der Waals surface area contributed by atoms with Gasteiger partial charge in [-0.2, -0.15) is 0 Å². The highest BCUT2D eigenvalue weighted by atomic mass is 16.3. The van der Waals surface area contributed by atoms with Crippen LogP contribution in [0.2, 0.25) is 0 Å².